The van der Waals surface area contributed by atoms with Crippen molar-refractivity contribution >= 4 is 12.4 Å². The van der Waals surface area contributed by atoms with Crippen LogP contribution in [-0.2, 0) is 25.7 Å². The number of hydrogen-bond acceptors (Lipinski definition) is 4. The van der Waals surface area contributed by atoms with Gasteiger partial charge in [0.1, 0.15) is 11.5 Å². The highest BCUT2D eigenvalue weighted by atomic mass is 16.3. The third-order valence-electron chi connectivity index (χ3n) is 6.39. The van der Waals surface area contributed by atoms with E-state index in [1.54, 1.807) is 0 Å². The van der Waals surface area contributed by atoms with E-state index in [4.69, 9.17) is 9.98 Å². The van der Waals surface area contributed by atoms with Gasteiger partial charge in [0.2, 0.25) is 0 Å². The molecule has 1 fully saturated rings. The standard InChI is InChI=1S/C27H36N2O2/c1-5-18-12-20(7-3)26(30)22(14-18)16-28-24-10-9-11-25(24)29-17-23-15-19(6-2)13-21(8-4)27(23)31/h12-17,24-25,30-31H,5-11H2,1-4H3. The number of phenolic OH excluding ortho intramolecular Hbond substituents is 2. The van der Waals surface area contributed by atoms with Crippen LogP contribution in [0.3, 0.4) is 0 Å². The second-order valence-electron chi connectivity index (χ2n) is 8.42. The lowest BCUT2D eigenvalue weighted by Crippen LogP contribution is -2.16. The van der Waals surface area contributed by atoms with Crippen molar-refractivity contribution in [2.45, 2.75) is 84.7 Å². The molecular formula is C27H36N2O2. The summed E-state index contributed by atoms with van der Waals surface area (Å²) in [5.74, 6) is 0.685. The van der Waals surface area contributed by atoms with Crippen molar-refractivity contribution in [3.63, 3.8) is 0 Å². The molecule has 4 nitrogen and oxygen atoms in total. The maximum absolute atomic E-state index is 10.6. The number of rotatable bonds is 8. The van der Waals surface area contributed by atoms with Crippen molar-refractivity contribution in [2.24, 2.45) is 9.98 Å². The molecule has 1 aliphatic rings. The van der Waals surface area contributed by atoms with Gasteiger partial charge in [-0.05, 0) is 79.3 Å². The summed E-state index contributed by atoms with van der Waals surface area (Å²) in [4.78, 5) is 9.65. The van der Waals surface area contributed by atoms with Crippen LogP contribution in [0.1, 0.15) is 80.3 Å². The van der Waals surface area contributed by atoms with Crippen LogP contribution in [0.25, 0.3) is 0 Å². The van der Waals surface area contributed by atoms with E-state index >= 15 is 0 Å². The summed E-state index contributed by atoms with van der Waals surface area (Å²) in [6.07, 6.45) is 10.2. The van der Waals surface area contributed by atoms with Gasteiger partial charge in [-0.2, -0.15) is 0 Å². The maximum Gasteiger partial charge on any atom is 0.127 e. The molecule has 4 heteroatoms. The van der Waals surface area contributed by atoms with Crippen LogP contribution in [0, 0.1) is 0 Å². The highest BCUT2D eigenvalue weighted by Gasteiger charge is 2.25. The van der Waals surface area contributed by atoms with E-state index < -0.39 is 0 Å². The number of aromatic hydroxyl groups is 2. The number of hydrogen-bond donors (Lipinski definition) is 2. The molecule has 0 spiro atoms. The van der Waals surface area contributed by atoms with Crippen molar-refractivity contribution in [2.75, 3.05) is 0 Å². The van der Waals surface area contributed by atoms with Crippen LogP contribution in [0.15, 0.2) is 34.3 Å². The minimum atomic E-state index is 0.105. The Morgan fingerprint density at radius 3 is 1.48 bits per heavy atom. The van der Waals surface area contributed by atoms with Crippen molar-refractivity contribution < 1.29 is 10.2 Å². The minimum Gasteiger partial charge on any atom is -0.507 e. The Kier molecular flexibility index (Phi) is 7.89. The summed E-state index contributed by atoms with van der Waals surface area (Å²) in [6.45, 7) is 8.37. The summed E-state index contributed by atoms with van der Waals surface area (Å²) in [7, 11) is 0. The lowest BCUT2D eigenvalue weighted by Gasteiger charge is -2.13. The summed E-state index contributed by atoms with van der Waals surface area (Å²) in [5.41, 5.74) is 5.98. The molecule has 3 rings (SSSR count). The van der Waals surface area contributed by atoms with Gasteiger partial charge in [-0.15, -0.1) is 0 Å². The van der Waals surface area contributed by atoms with E-state index in [2.05, 4.69) is 39.8 Å². The largest absolute Gasteiger partial charge is 0.507 e. The minimum absolute atomic E-state index is 0.105. The zero-order valence-electron chi connectivity index (χ0n) is 19.4. The average Bonchev–Trinajstić information content (AvgIpc) is 3.25. The molecule has 2 aromatic rings. The molecule has 166 valence electrons. The first-order valence-electron chi connectivity index (χ1n) is 11.8. The van der Waals surface area contributed by atoms with E-state index in [9.17, 15) is 10.2 Å². The molecule has 1 aliphatic carbocycles. The van der Waals surface area contributed by atoms with Crippen molar-refractivity contribution in [3.8, 4) is 11.5 Å². The molecular weight excluding hydrogens is 384 g/mol. The Morgan fingerprint density at radius 2 is 1.13 bits per heavy atom. The fourth-order valence-electron chi connectivity index (χ4n) is 4.34. The Hall–Kier alpha value is -2.62. The molecule has 31 heavy (non-hydrogen) atoms. The van der Waals surface area contributed by atoms with Gasteiger partial charge in [0.25, 0.3) is 0 Å². The van der Waals surface area contributed by atoms with E-state index in [-0.39, 0.29) is 12.1 Å². The Bertz CT molecular complexity index is 885. The number of aryl methyl sites for hydroxylation is 4. The molecule has 0 aromatic heterocycles. The van der Waals surface area contributed by atoms with Crippen molar-refractivity contribution in [1.82, 2.24) is 0 Å². The number of phenols is 2. The second-order valence-corrected chi connectivity index (χ2v) is 8.42. The van der Waals surface area contributed by atoms with Gasteiger partial charge in [0.15, 0.2) is 0 Å². The monoisotopic (exact) mass is 420 g/mol. The van der Waals surface area contributed by atoms with Gasteiger partial charge in [-0.25, -0.2) is 0 Å². The summed E-state index contributed by atoms with van der Waals surface area (Å²) in [6, 6.07) is 8.44. The third-order valence-corrected chi connectivity index (χ3v) is 6.39. The molecule has 0 heterocycles. The zero-order chi connectivity index (χ0) is 22.4. The van der Waals surface area contributed by atoms with Crippen LogP contribution < -0.4 is 0 Å². The summed E-state index contributed by atoms with van der Waals surface area (Å²) < 4.78 is 0. The predicted octanol–water partition coefficient (Wildman–Crippen LogP) is 5.81. The Labute approximate surface area is 186 Å². The molecule has 0 saturated heterocycles. The van der Waals surface area contributed by atoms with Gasteiger partial charge >= 0.3 is 0 Å². The van der Waals surface area contributed by atoms with Gasteiger partial charge in [-0.1, -0.05) is 39.8 Å². The van der Waals surface area contributed by atoms with Gasteiger partial charge in [0, 0.05) is 23.6 Å². The first-order valence-corrected chi connectivity index (χ1v) is 11.8. The fraction of sp³-hybridized carbons (Fsp3) is 0.481. The lowest BCUT2D eigenvalue weighted by atomic mass is 10.0. The quantitative estimate of drug-likeness (QED) is 0.530. The fourth-order valence-corrected chi connectivity index (χ4v) is 4.34. The SMILES string of the molecule is CCc1cc(C=NC2CCCC2N=Cc2cc(CC)cc(CC)c2O)c(O)c(CC)c1. The number of nitrogens with zero attached hydrogens (tertiary/aromatic N) is 2. The highest BCUT2D eigenvalue weighted by Crippen LogP contribution is 2.29. The first-order chi connectivity index (χ1) is 15.0. The van der Waals surface area contributed by atoms with E-state index in [0.717, 1.165) is 67.2 Å². The predicted molar refractivity (Wildman–Crippen MR) is 130 cm³/mol. The van der Waals surface area contributed by atoms with E-state index in [1.807, 2.05) is 24.6 Å². The third kappa shape index (κ3) is 5.36. The number of benzene rings is 2. The Balaban J connectivity index is 1.81. The average molecular weight is 421 g/mol. The molecule has 0 radical (unpaired) electrons. The van der Waals surface area contributed by atoms with Gasteiger partial charge in [-0.3, -0.25) is 9.98 Å². The van der Waals surface area contributed by atoms with Crippen LogP contribution in [0.4, 0.5) is 0 Å². The molecule has 2 N–H and O–H groups in total. The van der Waals surface area contributed by atoms with Crippen molar-refractivity contribution in [3.05, 3.63) is 57.6 Å². The molecule has 1 saturated carbocycles. The maximum atomic E-state index is 10.6. The smallest absolute Gasteiger partial charge is 0.127 e. The Morgan fingerprint density at radius 1 is 0.710 bits per heavy atom. The molecule has 0 bridgehead atoms. The number of aliphatic imine (C=N–C) groups is 2. The molecule has 0 amide bonds. The second kappa shape index (κ2) is 10.6. The first kappa shape index (κ1) is 23.1. The molecule has 2 aromatic carbocycles. The van der Waals surface area contributed by atoms with Crippen LogP contribution in [0.5, 0.6) is 11.5 Å². The molecule has 2 atom stereocenters. The van der Waals surface area contributed by atoms with Crippen LogP contribution >= 0.6 is 0 Å². The van der Waals surface area contributed by atoms with Gasteiger partial charge < -0.3 is 10.2 Å². The van der Waals surface area contributed by atoms with E-state index in [0.29, 0.717) is 11.5 Å². The summed E-state index contributed by atoms with van der Waals surface area (Å²) >= 11 is 0. The van der Waals surface area contributed by atoms with Crippen LogP contribution in [0.2, 0.25) is 0 Å². The topological polar surface area (TPSA) is 65.2 Å². The summed E-state index contributed by atoms with van der Waals surface area (Å²) in [5, 5.41) is 21.2. The van der Waals surface area contributed by atoms with Gasteiger partial charge in [0.05, 0.1) is 12.1 Å². The normalized spacial score (nSPS) is 19.1. The molecule has 2 unspecified atom stereocenters. The molecule has 0 aliphatic heterocycles. The highest BCUT2D eigenvalue weighted by molar-refractivity contribution is 5.85. The van der Waals surface area contributed by atoms with E-state index in [1.165, 1.54) is 11.1 Å². The zero-order valence-corrected chi connectivity index (χ0v) is 19.4. The lowest BCUT2D eigenvalue weighted by molar-refractivity contribution is 0.467. The van der Waals surface area contributed by atoms with Crippen molar-refractivity contribution in [1.29, 1.82) is 0 Å². The van der Waals surface area contributed by atoms with Crippen LogP contribution in [-0.4, -0.2) is 34.7 Å².